The van der Waals surface area contributed by atoms with E-state index in [9.17, 15) is 14.7 Å². The zero-order valence-electron chi connectivity index (χ0n) is 13.5. The number of nitrogens with zero attached hydrogens (tertiary/aromatic N) is 2. The van der Waals surface area contributed by atoms with Crippen molar-refractivity contribution in [3.05, 3.63) is 29.3 Å². The second kappa shape index (κ2) is 6.07. The summed E-state index contributed by atoms with van der Waals surface area (Å²) >= 11 is 0. The summed E-state index contributed by atoms with van der Waals surface area (Å²) in [5, 5.41) is 16.0. The van der Waals surface area contributed by atoms with Crippen LogP contribution in [-0.4, -0.2) is 60.3 Å². The molecule has 4 rings (SSSR count). The summed E-state index contributed by atoms with van der Waals surface area (Å²) in [6.07, 6.45) is -0.150. The van der Waals surface area contributed by atoms with Crippen LogP contribution >= 0.6 is 0 Å². The Hall–Kier alpha value is -2.12. The summed E-state index contributed by atoms with van der Waals surface area (Å²) in [4.78, 5) is 28.1. The van der Waals surface area contributed by atoms with Gasteiger partial charge in [0.2, 0.25) is 5.91 Å². The number of benzene rings is 1. The number of piperidine rings is 1. The van der Waals surface area contributed by atoms with E-state index in [1.54, 1.807) is 4.90 Å². The van der Waals surface area contributed by atoms with Crippen LogP contribution in [0.25, 0.3) is 0 Å². The average molecular weight is 330 g/mol. The van der Waals surface area contributed by atoms with E-state index in [0.29, 0.717) is 24.9 Å². The van der Waals surface area contributed by atoms with Gasteiger partial charge in [-0.05, 0) is 30.2 Å². The van der Waals surface area contributed by atoms with Crippen molar-refractivity contribution in [1.82, 2.24) is 15.5 Å². The van der Waals surface area contributed by atoms with Crippen molar-refractivity contribution in [2.24, 2.45) is 0 Å². The number of hydrogen-bond donors (Lipinski definition) is 3. The Labute approximate surface area is 140 Å². The van der Waals surface area contributed by atoms with Crippen LogP contribution in [0.2, 0.25) is 0 Å². The Morgan fingerprint density at radius 3 is 2.71 bits per heavy atom. The number of amides is 2. The van der Waals surface area contributed by atoms with Crippen LogP contribution in [0.15, 0.2) is 18.2 Å². The van der Waals surface area contributed by atoms with Gasteiger partial charge in [0.15, 0.2) is 0 Å². The summed E-state index contributed by atoms with van der Waals surface area (Å²) in [6, 6.07) is 5.63. The van der Waals surface area contributed by atoms with Gasteiger partial charge in [-0.25, -0.2) is 0 Å². The molecule has 2 saturated heterocycles. The summed E-state index contributed by atoms with van der Waals surface area (Å²) in [5.74, 6) is -0.221. The fourth-order valence-corrected chi connectivity index (χ4v) is 3.81. The van der Waals surface area contributed by atoms with Crippen molar-refractivity contribution in [1.29, 1.82) is 0 Å². The quantitative estimate of drug-likeness (QED) is 0.690. The lowest BCUT2D eigenvalue weighted by molar-refractivity contribution is -0.129. The number of anilines is 1. The Bertz CT molecular complexity index is 672. The van der Waals surface area contributed by atoms with Gasteiger partial charge in [-0.2, -0.15) is 0 Å². The molecule has 2 fully saturated rings. The van der Waals surface area contributed by atoms with Crippen molar-refractivity contribution >= 4 is 17.5 Å². The molecule has 3 heterocycles. The predicted molar refractivity (Wildman–Crippen MR) is 88.6 cm³/mol. The van der Waals surface area contributed by atoms with Gasteiger partial charge in [-0.3, -0.25) is 9.59 Å². The van der Waals surface area contributed by atoms with Crippen LogP contribution in [0.3, 0.4) is 0 Å². The fraction of sp³-hybridized carbons (Fsp3) is 0.529. The van der Waals surface area contributed by atoms with E-state index in [0.717, 1.165) is 37.4 Å². The monoisotopic (exact) mass is 330 g/mol. The Morgan fingerprint density at radius 2 is 1.96 bits per heavy atom. The molecule has 3 aliphatic rings. The highest BCUT2D eigenvalue weighted by Gasteiger charge is 2.39. The zero-order chi connectivity index (χ0) is 16.7. The highest BCUT2D eigenvalue weighted by Crippen LogP contribution is 2.31. The molecule has 0 aromatic heterocycles. The molecule has 128 valence electrons. The number of carbonyl (C=O) groups excluding carboxylic acids is 2. The molecule has 24 heavy (non-hydrogen) atoms. The summed E-state index contributed by atoms with van der Waals surface area (Å²) < 4.78 is 0. The van der Waals surface area contributed by atoms with Gasteiger partial charge < -0.3 is 25.5 Å². The smallest absolute Gasteiger partial charge is 0.254 e. The van der Waals surface area contributed by atoms with Crippen LogP contribution in [0.5, 0.6) is 0 Å². The lowest BCUT2D eigenvalue weighted by Gasteiger charge is -2.35. The van der Waals surface area contributed by atoms with Crippen LogP contribution < -0.4 is 15.5 Å². The van der Waals surface area contributed by atoms with Crippen molar-refractivity contribution in [3.63, 3.8) is 0 Å². The van der Waals surface area contributed by atoms with Crippen LogP contribution in [0.4, 0.5) is 5.69 Å². The first-order valence-electron chi connectivity index (χ1n) is 8.50. The van der Waals surface area contributed by atoms with E-state index in [-0.39, 0.29) is 17.9 Å². The second-order valence-electron chi connectivity index (χ2n) is 6.63. The highest BCUT2D eigenvalue weighted by molar-refractivity contribution is 5.99. The minimum Gasteiger partial charge on any atom is -0.372 e. The molecule has 2 unspecified atom stereocenters. The van der Waals surface area contributed by atoms with E-state index in [4.69, 9.17) is 0 Å². The molecule has 3 N–H and O–H groups in total. The fourth-order valence-electron chi connectivity index (χ4n) is 3.81. The van der Waals surface area contributed by atoms with Crippen LogP contribution in [-0.2, 0) is 11.3 Å². The number of nitrogens with one attached hydrogen (secondary N) is 2. The number of piperazine rings is 1. The minimum absolute atomic E-state index is 0.0583. The second-order valence-corrected chi connectivity index (χ2v) is 6.63. The van der Waals surface area contributed by atoms with E-state index in [2.05, 4.69) is 21.6 Å². The molecule has 7 nitrogen and oxygen atoms in total. The number of aliphatic hydroxyl groups is 1. The van der Waals surface area contributed by atoms with Crippen molar-refractivity contribution in [2.45, 2.75) is 31.7 Å². The van der Waals surface area contributed by atoms with Gasteiger partial charge in [0, 0.05) is 50.4 Å². The molecule has 3 aliphatic heterocycles. The Morgan fingerprint density at radius 1 is 1.17 bits per heavy atom. The lowest BCUT2D eigenvalue weighted by atomic mass is 10.0. The zero-order valence-corrected chi connectivity index (χ0v) is 13.5. The van der Waals surface area contributed by atoms with Gasteiger partial charge in [0.1, 0.15) is 6.23 Å². The molecule has 2 atom stereocenters. The maximum absolute atomic E-state index is 12.7. The molecule has 1 aromatic carbocycles. The SMILES string of the molecule is O=C1CCC(N2Cc3cc(N4CCNCC4)ccc3C2=O)C(O)N1. The van der Waals surface area contributed by atoms with Crippen molar-refractivity contribution in [3.8, 4) is 0 Å². The summed E-state index contributed by atoms with van der Waals surface area (Å²) in [6.45, 7) is 4.35. The molecule has 1 aromatic rings. The normalized spacial score (nSPS) is 27.2. The number of hydrogen-bond acceptors (Lipinski definition) is 5. The van der Waals surface area contributed by atoms with Gasteiger partial charge in [0.05, 0.1) is 6.04 Å². The molecule has 7 heteroatoms. The number of aliphatic hydroxyl groups excluding tert-OH is 1. The maximum Gasteiger partial charge on any atom is 0.254 e. The van der Waals surface area contributed by atoms with Gasteiger partial charge in [0.25, 0.3) is 5.91 Å². The third-order valence-corrected chi connectivity index (χ3v) is 5.14. The van der Waals surface area contributed by atoms with Crippen molar-refractivity contribution < 1.29 is 14.7 Å². The highest BCUT2D eigenvalue weighted by atomic mass is 16.3. The van der Waals surface area contributed by atoms with E-state index >= 15 is 0 Å². The largest absolute Gasteiger partial charge is 0.372 e. The van der Waals surface area contributed by atoms with Crippen LogP contribution in [0, 0.1) is 0 Å². The molecule has 0 radical (unpaired) electrons. The first kappa shape index (κ1) is 15.4. The van der Waals surface area contributed by atoms with Gasteiger partial charge in [-0.1, -0.05) is 0 Å². The van der Waals surface area contributed by atoms with E-state index in [1.807, 2.05) is 12.1 Å². The Balaban J connectivity index is 1.54. The third-order valence-electron chi connectivity index (χ3n) is 5.14. The maximum atomic E-state index is 12.7. The minimum atomic E-state index is -0.989. The third kappa shape index (κ3) is 2.63. The molecular weight excluding hydrogens is 308 g/mol. The summed E-state index contributed by atoms with van der Waals surface area (Å²) in [7, 11) is 0. The number of fused-ring (bicyclic) bond motifs is 1. The molecule has 0 bridgehead atoms. The van der Waals surface area contributed by atoms with E-state index in [1.165, 1.54) is 0 Å². The first-order valence-corrected chi connectivity index (χ1v) is 8.50. The average Bonchev–Trinajstić information content (AvgIpc) is 2.92. The molecule has 0 saturated carbocycles. The number of carbonyl (C=O) groups is 2. The topological polar surface area (TPSA) is 84.9 Å². The van der Waals surface area contributed by atoms with Gasteiger partial charge in [-0.15, -0.1) is 0 Å². The Kier molecular flexibility index (Phi) is 3.90. The van der Waals surface area contributed by atoms with Gasteiger partial charge >= 0.3 is 0 Å². The van der Waals surface area contributed by atoms with E-state index < -0.39 is 6.23 Å². The van der Waals surface area contributed by atoms with Crippen molar-refractivity contribution in [2.75, 3.05) is 31.1 Å². The molecule has 0 spiro atoms. The standard InChI is InChI=1S/C17H22N4O3/c22-15-4-3-14(16(23)19-15)21-10-11-9-12(1-2-13(11)17(21)24)20-7-5-18-6-8-20/h1-2,9,14,16,18,23H,3-8,10H2,(H,19,22). The predicted octanol–water partition coefficient (Wildman–Crippen LogP) is -0.351. The molecule has 2 amide bonds. The molecule has 0 aliphatic carbocycles. The first-order chi connectivity index (χ1) is 11.6. The molecular formula is C17H22N4O3. The lowest BCUT2D eigenvalue weighted by Crippen LogP contribution is -2.55. The summed E-state index contributed by atoms with van der Waals surface area (Å²) in [5.41, 5.74) is 2.85. The van der Waals surface area contributed by atoms with Crippen LogP contribution in [0.1, 0.15) is 28.8 Å². The number of rotatable bonds is 2.